The van der Waals surface area contributed by atoms with Crippen molar-refractivity contribution in [2.45, 2.75) is 79.1 Å². The monoisotopic (exact) mass is 830 g/mol. The van der Waals surface area contributed by atoms with E-state index in [1.165, 1.54) is 18.3 Å². The van der Waals surface area contributed by atoms with E-state index >= 15 is 0 Å². The highest BCUT2D eigenvalue weighted by Gasteiger charge is 2.61. The van der Waals surface area contributed by atoms with Crippen molar-refractivity contribution in [3.63, 3.8) is 0 Å². The second kappa shape index (κ2) is 15.2. The fraction of sp³-hybridized carbons (Fsp3) is 0.378. The highest BCUT2D eigenvalue weighted by molar-refractivity contribution is 5.89. The number of aliphatic hydroxyl groups excluding tert-OH is 6. The molecule has 15 N–H and O–H groups in total. The van der Waals surface area contributed by atoms with Gasteiger partial charge in [0.15, 0.2) is 29.1 Å². The summed E-state index contributed by atoms with van der Waals surface area (Å²) >= 11 is 0. The van der Waals surface area contributed by atoms with Crippen molar-refractivity contribution >= 4 is 22.9 Å². The average Bonchev–Trinajstić information content (AvgIpc) is 3.35. The van der Waals surface area contributed by atoms with Gasteiger partial charge in [0.2, 0.25) is 18.2 Å². The summed E-state index contributed by atoms with van der Waals surface area (Å²) < 4.78 is 27.9. The number of ether oxygens (including phenoxy) is 4. The van der Waals surface area contributed by atoms with Crippen LogP contribution in [0.3, 0.4) is 0 Å². The summed E-state index contributed by atoms with van der Waals surface area (Å²) in [6, 6.07) is 4.53. The summed E-state index contributed by atoms with van der Waals surface area (Å²) in [6.45, 7) is -0.406. The molecule has 2 saturated heterocycles. The number of phenols is 3. The molecule has 1 aromatic heterocycles. The van der Waals surface area contributed by atoms with Gasteiger partial charge < -0.3 is 95.7 Å². The minimum Gasteiger partial charge on any atom is -0.507 e. The number of carboxylic acids is 1. The van der Waals surface area contributed by atoms with Crippen LogP contribution < -0.4 is 21.2 Å². The van der Waals surface area contributed by atoms with Crippen LogP contribution in [0.25, 0.3) is 22.3 Å². The van der Waals surface area contributed by atoms with Crippen molar-refractivity contribution in [2.75, 3.05) is 6.61 Å². The van der Waals surface area contributed by atoms with Crippen molar-refractivity contribution in [1.82, 2.24) is 5.32 Å². The number of aromatic hydroxyl groups is 3. The number of hydrogen-bond acceptors (Lipinski definition) is 21. The zero-order chi connectivity index (χ0) is 42.9. The van der Waals surface area contributed by atoms with E-state index in [1.807, 2.05) is 0 Å². The Bertz CT molecular complexity index is 2340. The molecule has 2 fully saturated rings. The number of nitrogens with one attached hydrogen (secondary N) is 1. The molecule has 4 aliphatic rings. The molecule has 11 atom stereocenters. The van der Waals surface area contributed by atoms with Crippen molar-refractivity contribution in [3.05, 3.63) is 81.7 Å². The summed E-state index contributed by atoms with van der Waals surface area (Å²) in [7, 11) is 0. The van der Waals surface area contributed by atoms with Crippen LogP contribution in [0, 0.1) is 0 Å². The molecule has 1 spiro atoms. The molecule has 0 bridgehead atoms. The Kier molecular flexibility index (Phi) is 10.7. The molecule has 3 aromatic rings. The quantitative estimate of drug-likeness (QED) is 0.0473. The Morgan fingerprint density at radius 2 is 1.66 bits per heavy atom. The van der Waals surface area contributed by atoms with Crippen LogP contribution in [0.4, 0.5) is 0 Å². The molecule has 7 rings (SSSR count). The number of hydrogen-bond donors (Lipinski definition) is 14. The number of allylic oxidation sites excluding steroid dienone is 3. The SMILES string of the molecule is NC1C=CC(C2C=CC3(Oc4cc5oc(-c6cc(O)c(O)c(CCO)c6)cc(=O)c5c(O)c42)OC(C(=O)OC2OC(C(=O)O)C(O)(O)C(O)C2O)C(O)C(O)C3O)=CN1. The molecule has 0 amide bonds. The van der Waals surface area contributed by atoms with Gasteiger partial charge in [-0.1, -0.05) is 12.2 Å². The molecular weight excluding hydrogens is 792 g/mol. The van der Waals surface area contributed by atoms with Crippen LogP contribution in [0.1, 0.15) is 17.0 Å². The maximum Gasteiger partial charge on any atom is 0.340 e. The van der Waals surface area contributed by atoms with E-state index in [0.717, 1.165) is 24.3 Å². The van der Waals surface area contributed by atoms with E-state index < -0.39 is 120 Å². The van der Waals surface area contributed by atoms with Gasteiger partial charge in [0.05, 0.1) is 6.17 Å². The Morgan fingerprint density at radius 1 is 0.932 bits per heavy atom. The van der Waals surface area contributed by atoms with Crippen LogP contribution in [0.5, 0.6) is 23.0 Å². The standard InChI is InChI=1S/C37H38N2O20/c38-21-2-1-13(11-39-21)15-3-5-36(30(48)27(46)26(45)29(59-36)34(52)57-35-28(47)31(49)37(53,54)32(56-35)33(50)51)58-20-10-19-23(25(44)22(15)20)16(41)9-18(55-19)14-7-12(4-6-40)24(43)17(42)8-14/h1-3,5,7-11,15,21,26-32,35,39-40,42-49,53-54H,4,6,38H2,(H,50,51). The number of carbonyl (C=O) groups is 2. The first-order valence-electron chi connectivity index (χ1n) is 17.7. The van der Waals surface area contributed by atoms with Crippen molar-refractivity contribution < 1.29 is 94.2 Å². The van der Waals surface area contributed by atoms with Crippen LogP contribution in [-0.4, -0.2) is 147 Å². The number of dihydropyridines is 1. The largest absolute Gasteiger partial charge is 0.507 e. The van der Waals surface area contributed by atoms with Crippen molar-refractivity contribution in [1.29, 1.82) is 0 Å². The van der Waals surface area contributed by atoms with E-state index in [1.54, 1.807) is 12.2 Å². The van der Waals surface area contributed by atoms with E-state index in [4.69, 9.17) is 29.1 Å². The second-order valence-electron chi connectivity index (χ2n) is 14.2. The van der Waals surface area contributed by atoms with Gasteiger partial charge in [-0.3, -0.25) is 4.79 Å². The van der Waals surface area contributed by atoms with Gasteiger partial charge in [-0.25, -0.2) is 9.59 Å². The summed E-state index contributed by atoms with van der Waals surface area (Å²) in [5.74, 6) is -13.5. The zero-order valence-corrected chi connectivity index (χ0v) is 30.1. The number of carbonyl (C=O) groups excluding carboxylic acids is 1. The van der Waals surface area contributed by atoms with Gasteiger partial charge in [0.1, 0.15) is 52.6 Å². The maximum absolute atomic E-state index is 13.7. The van der Waals surface area contributed by atoms with E-state index in [-0.39, 0.29) is 39.8 Å². The molecule has 59 heavy (non-hydrogen) atoms. The predicted molar refractivity (Wildman–Crippen MR) is 192 cm³/mol. The molecule has 0 saturated carbocycles. The molecule has 0 radical (unpaired) electrons. The topological polar surface area (TPSA) is 382 Å². The minimum atomic E-state index is -3.56. The number of benzene rings is 2. The van der Waals surface area contributed by atoms with Crippen LogP contribution in [-0.2, 0) is 30.2 Å². The number of esters is 1. The third-order valence-electron chi connectivity index (χ3n) is 10.3. The fourth-order valence-electron chi connectivity index (χ4n) is 7.21. The summed E-state index contributed by atoms with van der Waals surface area (Å²) in [5.41, 5.74) is 5.17. The number of rotatable bonds is 7. The highest BCUT2D eigenvalue weighted by Crippen LogP contribution is 2.49. The number of aliphatic carboxylic acids is 1. The van der Waals surface area contributed by atoms with Gasteiger partial charge in [-0.15, -0.1) is 0 Å². The van der Waals surface area contributed by atoms with Crippen LogP contribution >= 0.6 is 0 Å². The predicted octanol–water partition coefficient (Wildman–Crippen LogP) is -3.59. The lowest BCUT2D eigenvalue weighted by atomic mass is 9.87. The van der Waals surface area contributed by atoms with Gasteiger partial charge >= 0.3 is 11.9 Å². The Morgan fingerprint density at radius 3 is 2.32 bits per heavy atom. The lowest BCUT2D eigenvalue weighted by Gasteiger charge is -2.46. The lowest BCUT2D eigenvalue weighted by Crippen LogP contribution is -2.70. The van der Waals surface area contributed by atoms with Gasteiger partial charge in [0, 0.05) is 47.5 Å². The first kappa shape index (κ1) is 41.5. The number of carboxylic acid groups (broad SMARTS) is 1. The molecule has 316 valence electrons. The molecule has 22 nitrogen and oxygen atoms in total. The van der Waals surface area contributed by atoms with Crippen LogP contribution in [0.15, 0.2) is 69.6 Å². The fourth-order valence-corrected chi connectivity index (χ4v) is 7.21. The molecule has 2 aromatic carbocycles. The molecule has 11 unspecified atom stereocenters. The minimum absolute atomic E-state index is 0.0662. The second-order valence-corrected chi connectivity index (χ2v) is 14.2. The Labute approximate surface area is 329 Å². The Hall–Kier alpha value is -5.63. The maximum atomic E-state index is 13.7. The molecule has 22 heteroatoms. The third-order valence-corrected chi connectivity index (χ3v) is 10.3. The van der Waals surface area contributed by atoms with E-state index in [0.29, 0.717) is 5.57 Å². The number of fused-ring (bicyclic) bond motifs is 2. The first-order valence-corrected chi connectivity index (χ1v) is 17.7. The average molecular weight is 831 g/mol. The van der Waals surface area contributed by atoms with Gasteiger partial charge in [-0.05, 0) is 36.3 Å². The van der Waals surface area contributed by atoms with E-state index in [9.17, 15) is 75.7 Å². The van der Waals surface area contributed by atoms with Crippen molar-refractivity contribution in [3.8, 4) is 34.3 Å². The number of phenolic OH excluding ortho intramolecular Hbond substituents is 3. The summed E-state index contributed by atoms with van der Waals surface area (Å²) in [6.07, 6.45) is -13.4. The molecular formula is C37H38N2O20. The first-order chi connectivity index (χ1) is 27.8. The normalized spacial score (nSPS) is 32.4. The number of aliphatic hydroxyl groups is 8. The third kappa shape index (κ3) is 7.04. The van der Waals surface area contributed by atoms with E-state index in [2.05, 4.69) is 5.32 Å². The molecule has 4 aliphatic heterocycles. The van der Waals surface area contributed by atoms with Gasteiger partial charge in [-0.2, -0.15) is 0 Å². The summed E-state index contributed by atoms with van der Waals surface area (Å²) in [5, 5.41) is 128. The summed E-state index contributed by atoms with van der Waals surface area (Å²) in [4.78, 5) is 38.9. The Balaban J connectivity index is 1.33. The number of nitrogens with two attached hydrogens (primary N) is 1. The highest BCUT2D eigenvalue weighted by atomic mass is 16.8. The molecule has 0 aliphatic carbocycles. The van der Waals surface area contributed by atoms with Crippen LogP contribution in [0.2, 0.25) is 0 Å². The lowest BCUT2D eigenvalue weighted by molar-refractivity contribution is -0.373. The van der Waals surface area contributed by atoms with Gasteiger partial charge in [0.25, 0.3) is 5.79 Å². The van der Waals surface area contributed by atoms with Crippen molar-refractivity contribution in [2.24, 2.45) is 5.73 Å². The molecule has 5 heterocycles. The zero-order valence-electron chi connectivity index (χ0n) is 30.1. The smallest absolute Gasteiger partial charge is 0.340 e.